The number of carbonyl (C=O) groups is 1. The van der Waals surface area contributed by atoms with Crippen molar-refractivity contribution in [1.29, 1.82) is 0 Å². The maximum atomic E-state index is 11.0. The number of rotatable bonds is 6. The van der Waals surface area contributed by atoms with E-state index in [1.165, 1.54) is 12.8 Å². The predicted octanol–water partition coefficient (Wildman–Crippen LogP) is 0.442. The van der Waals surface area contributed by atoms with Gasteiger partial charge >= 0.3 is 0 Å². The van der Waals surface area contributed by atoms with Crippen LogP contribution >= 0.6 is 0 Å². The summed E-state index contributed by atoms with van der Waals surface area (Å²) in [5, 5.41) is 2.68. The van der Waals surface area contributed by atoms with Crippen molar-refractivity contribution < 1.29 is 4.79 Å². The standard InChI is InChI=1S/C9H19N3O/c1-2-3-4-5-6-12-9(13)8(11)7-10/h7H,2-6,10-11H2,1H3,(H,12,13)/b8-7+. The lowest BCUT2D eigenvalue weighted by Gasteiger charge is -2.03. The van der Waals surface area contributed by atoms with Gasteiger partial charge in [-0.25, -0.2) is 0 Å². The van der Waals surface area contributed by atoms with E-state index in [0.717, 1.165) is 19.0 Å². The Labute approximate surface area is 79.4 Å². The van der Waals surface area contributed by atoms with Crippen LogP contribution in [0, 0.1) is 0 Å². The van der Waals surface area contributed by atoms with Crippen molar-refractivity contribution in [2.45, 2.75) is 32.6 Å². The lowest BCUT2D eigenvalue weighted by atomic mass is 10.2. The molecule has 0 aliphatic rings. The molecule has 13 heavy (non-hydrogen) atoms. The van der Waals surface area contributed by atoms with Crippen LogP contribution in [0.5, 0.6) is 0 Å². The van der Waals surface area contributed by atoms with Gasteiger partial charge in [0, 0.05) is 12.7 Å². The highest BCUT2D eigenvalue weighted by Gasteiger charge is 2.01. The SMILES string of the molecule is CCCCCCNC(=O)/C(N)=C\N. The fourth-order valence-electron chi connectivity index (χ4n) is 0.931. The molecule has 0 saturated heterocycles. The first kappa shape index (κ1) is 11.8. The Morgan fingerprint density at radius 2 is 2.08 bits per heavy atom. The molecule has 0 aromatic carbocycles. The van der Waals surface area contributed by atoms with Crippen LogP contribution in [0.25, 0.3) is 0 Å². The summed E-state index contributed by atoms with van der Waals surface area (Å²) in [6.07, 6.45) is 5.65. The van der Waals surface area contributed by atoms with E-state index in [1.54, 1.807) is 0 Å². The molecule has 5 N–H and O–H groups in total. The molecule has 0 radical (unpaired) electrons. The van der Waals surface area contributed by atoms with Crippen LogP contribution in [0.1, 0.15) is 32.6 Å². The number of hydrogen-bond acceptors (Lipinski definition) is 3. The summed E-state index contributed by atoms with van der Waals surface area (Å²) in [6.45, 7) is 2.82. The topological polar surface area (TPSA) is 81.1 Å². The van der Waals surface area contributed by atoms with Gasteiger partial charge in [0.1, 0.15) is 5.70 Å². The Bertz CT molecular complexity index is 178. The molecule has 0 bridgehead atoms. The summed E-state index contributed by atoms with van der Waals surface area (Å²) in [4.78, 5) is 11.0. The average Bonchev–Trinajstić information content (AvgIpc) is 2.16. The second kappa shape index (κ2) is 7.46. The molecule has 0 aliphatic carbocycles. The summed E-state index contributed by atoms with van der Waals surface area (Å²) >= 11 is 0. The van der Waals surface area contributed by atoms with Crippen molar-refractivity contribution in [2.75, 3.05) is 6.54 Å². The van der Waals surface area contributed by atoms with Gasteiger partial charge in [0.2, 0.25) is 0 Å². The van der Waals surface area contributed by atoms with Crippen LogP contribution in [0.4, 0.5) is 0 Å². The van der Waals surface area contributed by atoms with E-state index in [9.17, 15) is 4.79 Å². The van der Waals surface area contributed by atoms with Gasteiger partial charge in [-0.2, -0.15) is 0 Å². The maximum absolute atomic E-state index is 11.0. The number of amides is 1. The molecular weight excluding hydrogens is 166 g/mol. The van der Waals surface area contributed by atoms with Crippen molar-refractivity contribution in [3.05, 3.63) is 11.9 Å². The van der Waals surface area contributed by atoms with Crippen molar-refractivity contribution in [3.63, 3.8) is 0 Å². The highest BCUT2D eigenvalue weighted by molar-refractivity contribution is 5.92. The largest absolute Gasteiger partial charge is 0.403 e. The van der Waals surface area contributed by atoms with Gasteiger partial charge in [-0.1, -0.05) is 26.2 Å². The molecule has 0 unspecified atom stereocenters. The molecule has 4 heteroatoms. The Morgan fingerprint density at radius 1 is 1.38 bits per heavy atom. The minimum Gasteiger partial charge on any atom is -0.403 e. The number of carbonyl (C=O) groups excluding carboxylic acids is 1. The second-order valence-electron chi connectivity index (χ2n) is 2.94. The average molecular weight is 185 g/mol. The van der Waals surface area contributed by atoms with Gasteiger partial charge < -0.3 is 16.8 Å². The third-order valence-corrected chi connectivity index (χ3v) is 1.76. The van der Waals surface area contributed by atoms with Gasteiger partial charge in [0.25, 0.3) is 5.91 Å². The van der Waals surface area contributed by atoms with E-state index >= 15 is 0 Å². The van der Waals surface area contributed by atoms with Crippen LogP contribution in [0.15, 0.2) is 11.9 Å². The molecule has 0 fully saturated rings. The molecular formula is C9H19N3O. The first-order valence-corrected chi connectivity index (χ1v) is 4.68. The third kappa shape index (κ3) is 6.02. The Balaban J connectivity index is 3.38. The molecule has 1 amide bonds. The molecule has 0 saturated carbocycles. The Kier molecular flexibility index (Phi) is 6.78. The van der Waals surface area contributed by atoms with E-state index in [2.05, 4.69) is 12.2 Å². The van der Waals surface area contributed by atoms with Gasteiger partial charge in [0.05, 0.1) is 0 Å². The van der Waals surface area contributed by atoms with Gasteiger partial charge in [0.15, 0.2) is 0 Å². The summed E-state index contributed by atoms with van der Waals surface area (Å²) in [6, 6.07) is 0. The third-order valence-electron chi connectivity index (χ3n) is 1.76. The van der Waals surface area contributed by atoms with E-state index < -0.39 is 0 Å². The zero-order valence-electron chi connectivity index (χ0n) is 8.18. The van der Waals surface area contributed by atoms with Crippen LogP contribution in [0.2, 0.25) is 0 Å². The number of nitrogens with one attached hydrogen (secondary N) is 1. The van der Waals surface area contributed by atoms with Crippen molar-refractivity contribution >= 4 is 5.91 Å². The zero-order chi connectivity index (χ0) is 10.1. The lowest BCUT2D eigenvalue weighted by molar-refractivity contribution is -0.117. The molecule has 0 rings (SSSR count). The molecule has 4 nitrogen and oxygen atoms in total. The fraction of sp³-hybridized carbons (Fsp3) is 0.667. The molecule has 76 valence electrons. The molecule has 0 spiro atoms. The van der Waals surface area contributed by atoms with E-state index in [1.807, 2.05) is 0 Å². The van der Waals surface area contributed by atoms with Crippen molar-refractivity contribution in [3.8, 4) is 0 Å². The van der Waals surface area contributed by atoms with Crippen molar-refractivity contribution in [2.24, 2.45) is 11.5 Å². The number of hydrogen-bond donors (Lipinski definition) is 3. The smallest absolute Gasteiger partial charge is 0.268 e. The van der Waals surface area contributed by atoms with Gasteiger partial charge in [-0.15, -0.1) is 0 Å². The van der Waals surface area contributed by atoms with Crippen LogP contribution in [-0.4, -0.2) is 12.5 Å². The molecule has 0 aliphatic heterocycles. The van der Waals surface area contributed by atoms with Crippen LogP contribution in [-0.2, 0) is 4.79 Å². The maximum Gasteiger partial charge on any atom is 0.268 e. The fourth-order valence-corrected chi connectivity index (χ4v) is 0.931. The second-order valence-corrected chi connectivity index (χ2v) is 2.94. The van der Waals surface area contributed by atoms with Gasteiger partial charge in [-0.05, 0) is 6.42 Å². The Morgan fingerprint density at radius 3 is 2.62 bits per heavy atom. The summed E-state index contributed by atoms with van der Waals surface area (Å²) in [7, 11) is 0. The summed E-state index contributed by atoms with van der Waals surface area (Å²) < 4.78 is 0. The highest BCUT2D eigenvalue weighted by atomic mass is 16.1. The molecule has 0 heterocycles. The summed E-state index contributed by atoms with van der Waals surface area (Å²) in [5.41, 5.74) is 10.4. The first-order valence-electron chi connectivity index (χ1n) is 4.68. The quantitative estimate of drug-likeness (QED) is 0.415. The normalized spacial score (nSPS) is 11.3. The van der Waals surface area contributed by atoms with Crippen LogP contribution < -0.4 is 16.8 Å². The van der Waals surface area contributed by atoms with Gasteiger partial charge in [-0.3, -0.25) is 4.79 Å². The number of unbranched alkanes of at least 4 members (excludes halogenated alkanes) is 3. The monoisotopic (exact) mass is 185 g/mol. The lowest BCUT2D eigenvalue weighted by Crippen LogP contribution is -2.29. The predicted molar refractivity (Wildman–Crippen MR) is 53.6 cm³/mol. The van der Waals surface area contributed by atoms with Crippen molar-refractivity contribution in [1.82, 2.24) is 5.32 Å². The molecule has 0 aromatic rings. The highest BCUT2D eigenvalue weighted by Crippen LogP contribution is 1.97. The molecule has 0 aromatic heterocycles. The zero-order valence-corrected chi connectivity index (χ0v) is 8.18. The van der Waals surface area contributed by atoms with E-state index in [0.29, 0.717) is 6.54 Å². The van der Waals surface area contributed by atoms with E-state index in [-0.39, 0.29) is 11.6 Å². The van der Waals surface area contributed by atoms with Crippen LogP contribution in [0.3, 0.4) is 0 Å². The Hall–Kier alpha value is -1.19. The molecule has 0 atom stereocenters. The van der Waals surface area contributed by atoms with E-state index in [4.69, 9.17) is 11.5 Å². The minimum absolute atomic E-state index is 0.0792. The summed E-state index contributed by atoms with van der Waals surface area (Å²) in [5.74, 6) is -0.279. The minimum atomic E-state index is -0.279. The first-order chi connectivity index (χ1) is 6.22. The number of nitrogens with two attached hydrogens (primary N) is 2.